The first-order valence-electron chi connectivity index (χ1n) is 10.0. The van der Waals surface area contributed by atoms with Crippen molar-refractivity contribution in [3.8, 4) is 17.2 Å². The van der Waals surface area contributed by atoms with Crippen molar-refractivity contribution in [1.29, 1.82) is 0 Å². The predicted octanol–water partition coefficient (Wildman–Crippen LogP) is 5.14. The number of para-hydroxylation sites is 2. The van der Waals surface area contributed by atoms with Gasteiger partial charge in [0.1, 0.15) is 12.4 Å². The van der Waals surface area contributed by atoms with Crippen LogP contribution in [0, 0.1) is 17.0 Å². The Balaban J connectivity index is 1.84. The molecule has 3 aromatic carbocycles. The first-order chi connectivity index (χ1) is 15.4. The Morgan fingerprint density at radius 1 is 1.00 bits per heavy atom. The number of nitrogens with one attached hydrogen (secondary N) is 1. The molecule has 0 aliphatic rings. The lowest BCUT2D eigenvalue weighted by atomic mass is 10.1. The molecule has 8 nitrogen and oxygen atoms in total. The number of hydrogen-bond acceptors (Lipinski definition) is 6. The molecule has 0 aromatic heterocycles. The largest absolute Gasteiger partial charge is 0.493 e. The van der Waals surface area contributed by atoms with Crippen LogP contribution < -0.4 is 19.5 Å². The maximum absolute atomic E-state index is 12.9. The van der Waals surface area contributed by atoms with Gasteiger partial charge < -0.3 is 19.5 Å². The van der Waals surface area contributed by atoms with E-state index in [0.29, 0.717) is 46.2 Å². The second-order valence-electron chi connectivity index (χ2n) is 6.86. The van der Waals surface area contributed by atoms with E-state index in [1.165, 1.54) is 12.1 Å². The SMILES string of the molecule is CCOc1ccc(C(=O)Nc2cccc([N+](=O)[O-])c2C)cc1COc1ccccc1OC. The van der Waals surface area contributed by atoms with Crippen molar-refractivity contribution in [2.24, 2.45) is 0 Å². The average Bonchev–Trinajstić information content (AvgIpc) is 2.79. The van der Waals surface area contributed by atoms with Crippen LogP contribution in [0.4, 0.5) is 11.4 Å². The fraction of sp³-hybridized carbons (Fsp3) is 0.208. The minimum atomic E-state index is -0.477. The summed E-state index contributed by atoms with van der Waals surface area (Å²) < 4.78 is 16.9. The number of methoxy groups -OCH3 is 1. The fourth-order valence-electron chi connectivity index (χ4n) is 3.17. The van der Waals surface area contributed by atoms with Crippen molar-refractivity contribution in [2.75, 3.05) is 19.0 Å². The molecule has 3 rings (SSSR count). The second-order valence-corrected chi connectivity index (χ2v) is 6.86. The molecule has 0 atom stereocenters. The Bertz CT molecular complexity index is 1130. The summed E-state index contributed by atoms with van der Waals surface area (Å²) in [5.74, 6) is 1.38. The number of ether oxygens (including phenoxy) is 3. The van der Waals surface area contributed by atoms with Crippen molar-refractivity contribution < 1.29 is 23.9 Å². The zero-order valence-corrected chi connectivity index (χ0v) is 18.1. The number of carbonyl (C=O) groups is 1. The summed E-state index contributed by atoms with van der Waals surface area (Å²) >= 11 is 0. The molecule has 0 aliphatic heterocycles. The lowest BCUT2D eigenvalue weighted by Gasteiger charge is -2.15. The molecule has 0 aliphatic carbocycles. The third-order valence-corrected chi connectivity index (χ3v) is 4.82. The van der Waals surface area contributed by atoms with Gasteiger partial charge in [-0.25, -0.2) is 0 Å². The fourth-order valence-corrected chi connectivity index (χ4v) is 3.17. The van der Waals surface area contributed by atoms with Crippen LogP contribution in [0.2, 0.25) is 0 Å². The number of hydrogen-bond donors (Lipinski definition) is 1. The molecular formula is C24H24N2O6. The molecule has 166 valence electrons. The smallest absolute Gasteiger partial charge is 0.274 e. The highest BCUT2D eigenvalue weighted by Crippen LogP contribution is 2.29. The minimum Gasteiger partial charge on any atom is -0.493 e. The van der Waals surface area contributed by atoms with Crippen molar-refractivity contribution in [3.63, 3.8) is 0 Å². The molecule has 0 fully saturated rings. The number of rotatable bonds is 9. The van der Waals surface area contributed by atoms with Crippen LogP contribution in [0.3, 0.4) is 0 Å². The molecule has 1 amide bonds. The van der Waals surface area contributed by atoms with Crippen molar-refractivity contribution >= 4 is 17.3 Å². The van der Waals surface area contributed by atoms with E-state index in [1.807, 2.05) is 19.1 Å². The van der Waals surface area contributed by atoms with Crippen LogP contribution in [-0.4, -0.2) is 24.5 Å². The van der Waals surface area contributed by atoms with Gasteiger partial charge in [0.15, 0.2) is 11.5 Å². The first kappa shape index (κ1) is 22.6. The number of carbonyl (C=O) groups excluding carboxylic acids is 1. The summed E-state index contributed by atoms with van der Waals surface area (Å²) in [4.78, 5) is 23.5. The molecule has 1 N–H and O–H groups in total. The molecule has 0 unspecified atom stereocenters. The molecule has 32 heavy (non-hydrogen) atoms. The zero-order chi connectivity index (χ0) is 23.1. The van der Waals surface area contributed by atoms with E-state index in [0.717, 1.165) is 0 Å². The quantitative estimate of drug-likeness (QED) is 0.368. The number of benzene rings is 3. The monoisotopic (exact) mass is 436 g/mol. The maximum atomic E-state index is 12.9. The average molecular weight is 436 g/mol. The van der Waals surface area contributed by atoms with E-state index in [4.69, 9.17) is 14.2 Å². The van der Waals surface area contributed by atoms with Gasteiger partial charge in [0.2, 0.25) is 0 Å². The van der Waals surface area contributed by atoms with Gasteiger partial charge in [-0.1, -0.05) is 18.2 Å². The lowest BCUT2D eigenvalue weighted by molar-refractivity contribution is -0.385. The highest BCUT2D eigenvalue weighted by atomic mass is 16.6. The van der Waals surface area contributed by atoms with Crippen LogP contribution in [0.15, 0.2) is 60.7 Å². The van der Waals surface area contributed by atoms with E-state index >= 15 is 0 Å². The van der Waals surface area contributed by atoms with Crippen molar-refractivity contribution in [2.45, 2.75) is 20.5 Å². The Kier molecular flexibility index (Phi) is 7.28. The lowest BCUT2D eigenvalue weighted by Crippen LogP contribution is -2.14. The Hall–Kier alpha value is -4.07. The van der Waals surface area contributed by atoms with E-state index < -0.39 is 10.8 Å². The molecule has 3 aromatic rings. The third kappa shape index (κ3) is 5.15. The number of anilines is 1. The van der Waals surface area contributed by atoms with Gasteiger partial charge in [-0.2, -0.15) is 0 Å². The van der Waals surface area contributed by atoms with Crippen LogP contribution in [-0.2, 0) is 6.61 Å². The van der Waals surface area contributed by atoms with Gasteiger partial charge in [-0.15, -0.1) is 0 Å². The summed E-state index contributed by atoms with van der Waals surface area (Å²) in [5, 5.41) is 13.9. The standard InChI is InChI=1S/C24H24N2O6/c1-4-31-21-13-12-17(14-18(21)15-32-23-11-6-5-10-22(23)30-3)24(27)25-19-8-7-9-20(16(19)2)26(28)29/h5-14H,4,15H2,1-3H3,(H,25,27). The molecule has 0 bridgehead atoms. The number of nitro groups is 1. The Morgan fingerprint density at radius 3 is 2.44 bits per heavy atom. The molecule has 0 heterocycles. The molecular weight excluding hydrogens is 412 g/mol. The van der Waals surface area contributed by atoms with Gasteiger partial charge >= 0.3 is 0 Å². The van der Waals surface area contributed by atoms with E-state index in [-0.39, 0.29) is 12.3 Å². The van der Waals surface area contributed by atoms with Gasteiger partial charge in [-0.3, -0.25) is 14.9 Å². The normalized spacial score (nSPS) is 10.3. The first-order valence-corrected chi connectivity index (χ1v) is 10.0. The molecule has 0 radical (unpaired) electrons. The summed E-state index contributed by atoms with van der Waals surface area (Å²) in [6.45, 7) is 4.09. The Labute approximate surface area is 185 Å². The topological polar surface area (TPSA) is 99.9 Å². The molecule has 8 heteroatoms. The third-order valence-electron chi connectivity index (χ3n) is 4.82. The van der Waals surface area contributed by atoms with E-state index in [9.17, 15) is 14.9 Å². The van der Waals surface area contributed by atoms with Gasteiger partial charge in [0.05, 0.1) is 29.9 Å². The summed E-state index contributed by atoms with van der Waals surface area (Å²) in [6.07, 6.45) is 0. The molecule has 0 spiro atoms. The Morgan fingerprint density at radius 2 is 1.75 bits per heavy atom. The van der Waals surface area contributed by atoms with Gasteiger partial charge in [0, 0.05) is 17.2 Å². The zero-order valence-electron chi connectivity index (χ0n) is 18.1. The summed E-state index contributed by atoms with van der Waals surface area (Å²) in [5.41, 5.74) is 1.76. The van der Waals surface area contributed by atoms with Crippen molar-refractivity contribution in [1.82, 2.24) is 0 Å². The number of nitrogens with zero attached hydrogens (tertiary/aromatic N) is 1. The second kappa shape index (κ2) is 10.3. The summed E-state index contributed by atoms with van der Waals surface area (Å²) in [7, 11) is 1.56. The van der Waals surface area contributed by atoms with Crippen LogP contribution in [0.25, 0.3) is 0 Å². The van der Waals surface area contributed by atoms with Crippen LogP contribution in [0.5, 0.6) is 17.2 Å². The number of nitro benzene ring substituents is 1. The molecule has 0 saturated heterocycles. The van der Waals surface area contributed by atoms with Crippen LogP contribution in [0.1, 0.15) is 28.4 Å². The minimum absolute atomic E-state index is 0.0552. The van der Waals surface area contributed by atoms with Crippen LogP contribution >= 0.6 is 0 Å². The van der Waals surface area contributed by atoms with Crippen molar-refractivity contribution in [3.05, 3.63) is 87.5 Å². The maximum Gasteiger partial charge on any atom is 0.274 e. The summed E-state index contributed by atoms with van der Waals surface area (Å²) in [6, 6.07) is 16.9. The van der Waals surface area contributed by atoms with E-state index in [1.54, 1.807) is 50.4 Å². The van der Waals surface area contributed by atoms with Gasteiger partial charge in [-0.05, 0) is 50.2 Å². The predicted molar refractivity (Wildman–Crippen MR) is 121 cm³/mol. The molecule has 0 saturated carbocycles. The van der Waals surface area contributed by atoms with E-state index in [2.05, 4.69) is 5.32 Å². The number of amides is 1. The highest BCUT2D eigenvalue weighted by molar-refractivity contribution is 6.05. The van der Waals surface area contributed by atoms with Gasteiger partial charge in [0.25, 0.3) is 11.6 Å². The highest BCUT2D eigenvalue weighted by Gasteiger charge is 2.17.